The van der Waals surface area contributed by atoms with Crippen molar-refractivity contribution in [1.82, 2.24) is 0 Å². The predicted molar refractivity (Wildman–Crippen MR) is 107 cm³/mol. The molecule has 0 saturated heterocycles. The van der Waals surface area contributed by atoms with Gasteiger partial charge < -0.3 is 4.74 Å². The molecule has 0 aliphatic carbocycles. The maximum atomic E-state index is 12.7. The Kier molecular flexibility index (Phi) is 6.97. The molecule has 8 heteroatoms. The fourth-order valence-electron chi connectivity index (χ4n) is 2.02. The molecule has 0 aliphatic rings. The number of benzene rings is 2. The van der Waals surface area contributed by atoms with Crippen molar-refractivity contribution in [3.8, 4) is 5.75 Å². The van der Waals surface area contributed by atoms with Crippen LogP contribution in [0.3, 0.4) is 0 Å². The van der Waals surface area contributed by atoms with Gasteiger partial charge in [0.25, 0.3) is 10.0 Å². The van der Waals surface area contributed by atoms with Crippen molar-refractivity contribution in [1.29, 1.82) is 0 Å². The number of ether oxygens (including phenoxy) is 1. The van der Waals surface area contributed by atoms with Crippen LogP contribution >= 0.6 is 23.4 Å². The number of thioether (sulfide) groups is 1. The second kappa shape index (κ2) is 8.79. The zero-order valence-corrected chi connectivity index (χ0v) is 17.1. The van der Waals surface area contributed by atoms with Crippen LogP contribution in [0.5, 0.6) is 5.75 Å². The Labute approximate surface area is 163 Å². The summed E-state index contributed by atoms with van der Waals surface area (Å²) in [5, 5.41) is 0.810. The maximum absolute atomic E-state index is 12.7. The molecule has 0 aliphatic heterocycles. The summed E-state index contributed by atoms with van der Waals surface area (Å²) >= 11 is 7.30. The highest BCUT2D eigenvalue weighted by molar-refractivity contribution is 8.00. The summed E-state index contributed by atoms with van der Waals surface area (Å²) in [5.74, 6) is 0.309. The molecule has 0 unspecified atom stereocenters. The van der Waals surface area contributed by atoms with E-state index in [0.29, 0.717) is 21.7 Å². The molecule has 0 heterocycles. The third kappa shape index (κ3) is 5.40. The molecule has 2 rings (SSSR count). The molecule has 26 heavy (non-hydrogen) atoms. The first-order chi connectivity index (χ1) is 12.2. The van der Waals surface area contributed by atoms with Crippen LogP contribution in [0, 0.1) is 0 Å². The topological polar surface area (TPSA) is 63.7 Å². The summed E-state index contributed by atoms with van der Waals surface area (Å²) in [7, 11) is -2.24. The van der Waals surface area contributed by atoms with Crippen molar-refractivity contribution in [2.24, 2.45) is 0 Å². The lowest BCUT2D eigenvalue weighted by atomic mass is 10.3. The maximum Gasteiger partial charge on any atom is 0.321 e. The number of halogens is 1. The Morgan fingerprint density at radius 3 is 2.23 bits per heavy atom. The molecule has 0 aromatic heterocycles. The van der Waals surface area contributed by atoms with Gasteiger partial charge in [-0.3, -0.25) is 9.10 Å². The third-order valence-corrected chi connectivity index (χ3v) is 6.56. The average Bonchev–Trinajstić information content (AvgIpc) is 2.60. The Morgan fingerprint density at radius 1 is 1.12 bits per heavy atom. The van der Waals surface area contributed by atoms with E-state index in [2.05, 4.69) is 0 Å². The Hall–Kier alpha value is -1.70. The van der Waals surface area contributed by atoms with E-state index in [-0.39, 0.29) is 16.6 Å². The minimum absolute atomic E-state index is 0.144. The van der Waals surface area contributed by atoms with Crippen LogP contribution in [-0.2, 0) is 14.8 Å². The van der Waals surface area contributed by atoms with E-state index in [1.165, 1.54) is 43.1 Å². The van der Waals surface area contributed by atoms with Gasteiger partial charge in [0.1, 0.15) is 5.75 Å². The molecule has 5 nitrogen and oxygen atoms in total. The predicted octanol–water partition coefficient (Wildman–Crippen LogP) is 4.21. The number of carbonyl (C=O) groups is 1. The van der Waals surface area contributed by atoms with E-state index in [9.17, 15) is 13.2 Å². The molecule has 0 atom stereocenters. The Bertz CT molecular complexity index is 850. The van der Waals surface area contributed by atoms with Crippen molar-refractivity contribution in [2.45, 2.75) is 24.0 Å². The van der Waals surface area contributed by atoms with Gasteiger partial charge in [0.05, 0.1) is 16.3 Å². The fraction of sp³-hybridized carbons (Fsp3) is 0.278. The van der Waals surface area contributed by atoms with Gasteiger partial charge in [-0.15, -0.1) is 11.8 Å². The van der Waals surface area contributed by atoms with E-state index in [1.807, 2.05) is 13.8 Å². The van der Waals surface area contributed by atoms with Gasteiger partial charge in [-0.2, -0.15) is 0 Å². The van der Waals surface area contributed by atoms with Crippen LogP contribution in [0.4, 0.5) is 5.69 Å². The Morgan fingerprint density at radius 2 is 1.69 bits per heavy atom. The zero-order valence-electron chi connectivity index (χ0n) is 14.7. The zero-order chi connectivity index (χ0) is 19.3. The van der Waals surface area contributed by atoms with Gasteiger partial charge in [0.15, 0.2) is 0 Å². The highest BCUT2D eigenvalue weighted by Gasteiger charge is 2.21. The SMILES string of the molecule is CC(C)SCC(=O)Oc1ccc(N(C)S(=O)(=O)c2ccc(Cl)cc2)cc1. The third-order valence-electron chi connectivity index (χ3n) is 3.44. The number of nitrogens with zero attached hydrogens (tertiary/aromatic N) is 1. The monoisotopic (exact) mass is 413 g/mol. The van der Waals surface area contributed by atoms with Crippen molar-refractivity contribution < 1.29 is 17.9 Å². The minimum atomic E-state index is -3.70. The summed E-state index contributed by atoms with van der Waals surface area (Å²) in [6, 6.07) is 12.3. The van der Waals surface area contributed by atoms with Crippen LogP contribution in [0.1, 0.15) is 13.8 Å². The first-order valence-corrected chi connectivity index (χ1v) is 10.7. The first kappa shape index (κ1) is 20.6. The Balaban J connectivity index is 2.09. The van der Waals surface area contributed by atoms with Gasteiger partial charge >= 0.3 is 5.97 Å². The van der Waals surface area contributed by atoms with Crippen LogP contribution in [-0.4, -0.2) is 32.4 Å². The normalized spacial score (nSPS) is 11.4. The van der Waals surface area contributed by atoms with Crippen LogP contribution in [0.25, 0.3) is 0 Å². The van der Waals surface area contributed by atoms with E-state index >= 15 is 0 Å². The molecular formula is C18H20ClNO4S2. The highest BCUT2D eigenvalue weighted by Crippen LogP contribution is 2.25. The molecule has 2 aromatic carbocycles. The molecule has 0 amide bonds. The quantitative estimate of drug-likeness (QED) is 0.502. The molecule has 0 bridgehead atoms. The molecule has 0 saturated carbocycles. The van der Waals surface area contributed by atoms with E-state index < -0.39 is 10.0 Å². The number of anilines is 1. The molecule has 2 aromatic rings. The second-order valence-corrected chi connectivity index (χ2v) is 9.72. The summed E-state index contributed by atoms with van der Waals surface area (Å²) in [6.45, 7) is 4.01. The van der Waals surface area contributed by atoms with Crippen molar-refractivity contribution in [3.63, 3.8) is 0 Å². The number of sulfonamides is 1. The number of hydrogen-bond acceptors (Lipinski definition) is 5. The molecule has 0 fully saturated rings. The summed E-state index contributed by atoms with van der Waals surface area (Å²) in [5.41, 5.74) is 0.455. The molecule has 0 radical (unpaired) electrons. The number of hydrogen-bond donors (Lipinski definition) is 0. The minimum Gasteiger partial charge on any atom is -0.426 e. The van der Waals surface area contributed by atoms with Crippen LogP contribution in [0.2, 0.25) is 5.02 Å². The fourth-order valence-corrected chi connectivity index (χ4v) is 3.87. The number of carbonyl (C=O) groups excluding carboxylic acids is 1. The molecular weight excluding hydrogens is 394 g/mol. The second-order valence-electron chi connectivity index (χ2n) is 5.75. The van der Waals surface area contributed by atoms with E-state index in [4.69, 9.17) is 16.3 Å². The van der Waals surface area contributed by atoms with E-state index in [0.717, 1.165) is 4.31 Å². The van der Waals surface area contributed by atoms with Crippen LogP contribution < -0.4 is 9.04 Å². The van der Waals surface area contributed by atoms with Gasteiger partial charge in [-0.05, 0) is 53.8 Å². The summed E-state index contributed by atoms with van der Waals surface area (Å²) in [6.07, 6.45) is 0. The van der Waals surface area contributed by atoms with Crippen molar-refractivity contribution in [3.05, 3.63) is 53.6 Å². The summed E-state index contributed by atoms with van der Waals surface area (Å²) in [4.78, 5) is 11.9. The molecule has 140 valence electrons. The van der Waals surface area contributed by atoms with E-state index in [1.54, 1.807) is 24.3 Å². The number of rotatable bonds is 7. The lowest BCUT2D eigenvalue weighted by molar-refractivity contribution is -0.131. The molecule has 0 spiro atoms. The van der Waals surface area contributed by atoms with Crippen LogP contribution in [0.15, 0.2) is 53.4 Å². The number of esters is 1. The first-order valence-electron chi connectivity index (χ1n) is 7.87. The van der Waals surface area contributed by atoms with Crippen molar-refractivity contribution >= 4 is 45.0 Å². The highest BCUT2D eigenvalue weighted by atomic mass is 35.5. The largest absolute Gasteiger partial charge is 0.426 e. The average molecular weight is 414 g/mol. The van der Waals surface area contributed by atoms with Gasteiger partial charge in [-0.25, -0.2) is 8.42 Å². The van der Waals surface area contributed by atoms with Gasteiger partial charge in [-0.1, -0.05) is 25.4 Å². The lowest BCUT2D eigenvalue weighted by Gasteiger charge is -2.19. The summed E-state index contributed by atoms with van der Waals surface area (Å²) < 4.78 is 31.7. The standard InChI is InChI=1S/C18H20ClNO4S2/c1-13(2)25-12-18(21)24-16-8-6-15(7-9-16)20(3)26(22,23)17-10-4-14(19)5-11-17/h4-11,13H,12H2,1-3H3. The van der Waals surface area contributed by atoms with Gasteiger partial charge in [0, 0.05) is 12.1 Å². The van der Waals surface area contributed by atoms with Gasteiger partial charge in [0.2, 0.25) is 0 Å². The van der Waals surface area contributed by atoms with Crippen molar-refractivity contribution in [2.75, 3.05) is 17.1 Å². The lowest BCUT2D eigenvalue weighted by Crippen LogP contribution is -2.26. The molecule has 0 N–H and O–H groups in total. The smallest absolute Gasteiger partial charge is 0.321 e.